The van der Waals surface area contributed by atoms with E-state index in [1.165, 1.54) is 0 Å². The summed E-state index contributed by atoms with van der Waals surface area (Å²) in [4.78, 5) is 47.0. The van der Waals surface area contributed by atoms with Gasteiger partial charge in [-0.2, -0.15) is 0 Å². The van der Waals surface area contributed by atoms with Crippen molar-refractivity contribution < 1.29 is 19.1 Å². The number of ether oxygens (including phenoxy) is 1. The summed E-state index contributed by atoms with van der Waals surface area (Å²) < 4.78 is 5.61. The molecular weight excluding hydrogens is 456 g/mol. The van der Waals surface area contributed by atoms with Gasteiger partial charge in [-0.15, -0.1) is 0 Å². The smallest absolute Gasteiger partial charge is 0.410 e. The van der Waals surface area contributed by atoms with Crippen molar-refractivity contribution >= 4 is 17.9 Å². The Labute approximate surface area is 217 Å². The van der Waals surface area contributed by atoms with Crippen LogP contribution in [0.4, 0.5) is 4.79 Å². The van der Waals surface area contributed by atoms with Gasteiger partial charge in [0, 0.05) is 44.6 Å². The Hall–Kier alpha value is -1.83. The van der Waals surface area contributed by atoms with Crippen LogP contribution in [0.1, 0.15) is 79.1 Å². The number of hydrogen-bond acceptors (Lipinski definition) is 5. The molecule has 3 unspecified atom stereocenters. The van der Waals surface area contributed by atoms with Crippen LogP contribution in [0.25, 0.3) is 0 Å². The van der Waals surface area contributed by atoms with Gasteiger partial charge in [0.05, 0.1) is 18.2 Å². The van der Waals surface area contributed by atoms with E-state index in [1.807, 2.05) is 30.6 Å². The lowest BCUT2D eigenvalue weighted by Crippen LogP contribution is -2.67. The van der Waals surface area contributed by atoms with Gasteiger partial charge in [0.1, 0.15) is 0 Å². The van der Waals surface area contributed by atoms with E-state index in [-0.39, 0.29) is 42.1 Å². The summed E-state index contributed by atoms with van der Waals surface area (Å²) in [5.74, 6) is 1.76. The fourth-order valence-corrected chi connectivity index (χ4v) is 7.57. The molecule has 204 valence electrons. The van der Waals surface area contributed by atoms with Gasteiger partial charge in [0.15, 0.2) is 0 Å². The van der Waals surface area contributed by atoms with E-state index in [0.717, 1.165) is 64.5 Å². The Kier molecular flexibility index (Phi) is 8.52. The third-order valence-electron chi connectivity index (χ3n) is 9.44. The van der Waals surface area contributed by atoms with Crippen molar-refractivity contribution in [1.82, 2.24) is 19.6 Å². The lowest BCUT2D eigenvalue weighted by molar-refractivity contribution is -0.142. The fourth-order valence-electron chi connectivity index (χ4n) is 7.57. The second kappa shape index (κ2) is 11.3. The predicted molar refractivity (Wildman–Crippen MR) is 139 cm³/mol. The molecule has 0 aromatic carbocycles. The first-order valence-electron chi connectivity index (χ1n) is 14.3. The van der Waals surface area contributed by atoms with Crippen LogP contribution in [-0.2, 0) is 14.3 Å². The molecule has 0 N–H and O–H groups in total. The highest BCUT2D eigenvalue weighted by molar-refractivity contribution is 5.79. The number of likely N-dealkylation sites (tertiary alicyclic amines) is 1. The van der Waals surface area contributed by atoms with E-state index >= 15 is 0 Å². The monoisotopic (exact) mass is 504 g/mol. The van der Waals surface area contributed by atoms with Crippen LogP contribution in [0.5, 0.6) is 0 Å². The number of carbonyl (C=O) groups is 3. The topological polar surface area (TPSA) is 73.4 Å². The third-order valence-corrected chi connectivity index (χ3v) is 9.44. The first-order valence-corrected chi connectivity index (χ1v) is 14.3. The molecule has 0 spiro atoms. The minimum atomic E-state index is -0.244. The largest absolute Gasteiger partial charge is 0.447 e. The number of amides is 3. The van der Waals surface area contributed by atoms with E-state index in [4.69, 9.17) is 4.74 Å². The van der Waals surface area contributed by atoms with Gasteiger partial charge in [0.2, 0.25) is 11.8 Å². The summed E-state index contributed by atoms with van der Waals surface area (Å²) >= 11 is 0. The molecular formula is C28H48N4O4. The molecule has 36 heavy (non-hydrogen) atoms. The van der Waals surface area contributed by atoms with Crippen molar-refractivity contribution in [3.05, 3.63) is 0 Å². The molecule has 2 aliphatic carbocycles. The average molecular weight is 505 g/mol. The molecule has 4 fully saturated rings. The number of carbonyl (C=O) groups excluding carboxylic acids is 3. The molecule has 5 atom stereocenters. The van der Waals surface area contributed by atoms with Gasteiger partial charge in [-0.25, -0.2) is 4.79 Å². The van der Waals surface area contributed by atoms with Crippen molar-refractivity contribution in [1.29, 1.82) is 0 Å². The highest BCUT2D eigenvalue weighted by Gasteiger charge is 2.48. The molecule has 4 rings (SSSR count). The lowest BCUT2D eigenvalue weighted by Gasteiger charge is -2.54. The molecule has 2 heterocycles. The highest BCUT2D eigenvalue weighted by Crippen LogP contribution is 2.44. The van der Waals surface area contributed by atoms with Crippen LogP contribution in [0.15, 0.2) is 0 Å². The first kappa shape index (κ1) is 27.2. The second-order valence-electron chi connectivity index (χ2n) is 12.4. The van der Waals surface area contributed by atoms with E-state index < -0.39 is 0 Å². The van der Waals surface area contributed by atoms with Crippen molar-refractivity contribution in [3.8, 4) is 0 Å². The number of piperazine rings is 1. The summed E-state index contributed by atoms with van der Waals surface area (Å²) in [6.07, 6.45) is 7.76. The van der Waals surface area contributed by atoms with E-state index in [0.29, 0.717) is 30.3 Å². The van der Waals surface area contributed by atoms with Gasteiger partial charge in [-0.1, -0.05) is 0 Å². The number of nitrogens with zero attached hydrogens (tertiary/aromatic N) is 4. The molecule has 0 bridgehead atoms. The number of rotatable bonds is 4. The Bertz CT molecular complexity index is 809. The van der Waals surface area contributed by atoms with Crippen LogP contribution >= 0.6 is 0 Å². The van der Waals surface area contributed by atoms with Crippen molar-refractivity contribution in [2.45, 2.75) is 109 Å². The van der Waals surface area contributed by atoms with Crippen molar-refractivity contribution in [3.63, 3.8) is 0 Å². The van der Waals surface area contributed by atoms with E-state index in [9.17, 15) is 14.4 Å². The van der Waals surface area contributed by atoms with Crippen LogP contribution in [0.2, 0.25) is 0 Å². The lowest BCUT2D eigenvalue weighted by atomic mass is 9.68. The molecule has 2 saturated heterocycles. The quantitative estimate of drug-likeness (QED) is 0.585. The van der Waals surface area contributed by atoms with Crippen molar-refractivity contribution in [2.24, 2.45) is 17.8 Å². The SMILES string of the molecule is CC(=O)N1C2CCC(C3CCC(C(=O)N4CC[C@@H](N(C)C)C4)CC3)CC2N(C(=O)OC(C)C)C[C@@H]1C. The normalized spacial score (nSPS) is 35.2. The second-order valence-corrected chi connectivity index (χ2v) is 12.4. The Balaban J connectivity index is 1.37. The first-order chi connectivity index (χ1) is 17.1. The van der Waals surface area contributed by atoms with Gasteiger partial charge in [0.25, 0.3) is 0 Å². The summed E-state index contributed by atoms with van der Waals surface area (Å²) in [6, 6.07) is 0.569. The third kappa shape index (κ3) is 5.68. The van der Waals surface area contributed by atoms with Crippen LogP contribution in [-0.4, -0.2) is 102 Å². The summed E-state index contributed by atoms with van der Waals surface area (Å²) in [7, 11) is 4.20. The van der Waals surface area contributed by atoms with Gasteiger partial charge < -0.3 is 24.3 Å². The Morgan fingerprint density at radius 3 is 2.14 bits per heavy atom. The van der Waals surface area contributed by atoms with Gasteiger partial charge in [-0.05, 0) is 98.1 Å². The van der Waals surface area contributed by atoms with Gasteiger partial charge in [-0.3, -0.25) is 9.59 Å². The average Bonchev–Trinajstić information content (AvgIpc) is 3.33. The maximum Gasteiger partial charge on any atom is 0.410 e. The maximum atomic E-state index is 13.2. The predicted octanol–water partition coefficient (Wildman–Crippen LogP) is 3.59. The van der Waals surface area contributed by atoms with Gasteiger partial charge >= 0.3 is 6.09 Å². The fraction of sp³-hybridized carbons (Fsp3) is 0.893. The molecule has 0 aromatic heterocycles. The van der Waals surface area contributed by atoms with Crippen LogP contribution in [0.3, 0.4) is 0 Å². The number of hydrogen-bond donors (Lipinski definition) is 0. The number of likely N-dealkylation sites (N-methyl/N-ethyl adjacent to an activating group) is 1. The van der Waals surface area contributed by atoms with Crippen LogP contribution in [0, 0.1) is 17.8 Å². The zero-order chi connectivity index (χ0) is 26.1. The zero-order valence-corrected chi connectivity index (χ0v) is 23.3. The molecule has 0 radical (unpaired) electrons. The summed E-state index contributed by atoms with van der Waals surface area (Å²) in [6.45, 7) is 9.75. The van der Waals surface area contributed by atoms with Crippen LogP contribution < -0.4 is 0 Å². The summed E-state index contributed by atoms with van der Waals surface area (Å²) in [5.41, 5.74) is 0. The molecule has 8 heteroatoms. The Morgan fingerprint density at radius 2 is 1.56 bits per heavy atom. The zero-order valence-electron chi connectivity index (χ0n) is 23.3. The van der Waals surface area contributed by atoms with Crippen molar-refractivity contribution in [2.75, 3.05) is 33.7 Å². The molecule has 0 aromatic rings. The van der Waals surface area contributed by atoms with E-state index in [1.54, 1.807) is 6.92 Å². The molecule has 4 aliphatic rings. The molecule has 8 nitrogen and oxygen atoms in total. The van der Waals surface area contributed by atoms with E-state index in [2.05, 4.69) is 23.9 Å². The molecule has 2 saturated carbocycles. The standard InChI is InChI=1S/C28H48N4O4/c1-18(2)36-28(35)31-16-19(3)32(20(4)33)25-12-11-23(15-26(25)31)21-7-9-22(10-8-21)27(34)30-14-13-24(17-30)29(5)6/h18-19,21-26H,7-17H2,1-6H3/t19-,21?,22?,23?,24+,25?,26?/m0/s1. The molecule has 2 aliphatic heterocycles. The number of fused-ring (bicyclic) bond motifs is 1. The minimum Gasteiger partial charge on any atom is -0.447 e. The Morgan fingerprint density at radius 1 is 0.889 bits per heavy atom. The molecule has 3 amide bonds. The minimum absolute atomic E-state index is 0.000793. The maximum absolute atomic E-state index is 13.2. The summed E-state index contributed by atoms with van der Waals surface area (Å²) in [5, 5.41) is 0. The highest BCUT2D eigenvalue weighted by atomic mass is 16.6.